The first-order valence-corrected chi connectivity index (χ1v) is 6.33. The van der Waals surface area contributed by atoms with Crippen LogP contribution < -0.4 is 5.32 Å². The number of hydrogen-bond acceptors (Lipinski definition) is 1. The third-order valence-corrected chi connectivity index (χ3v) is 3.57. The topological polar surface area (TPSA) is 32.3 Å². The Balaban J connectivity index is 1.84. The van der Waals surface area contributed by atoms with Gasteiger partial charge in [0.2, 0.25) is 0 Å². The van der Waals surface area contributed by atoms with Gasteiger partial charge < -0.3 is 10.2 Å². The Morgan fingerprint density at radius 2 is 2.28 bits per heavy atom. The van der Waals surface area contributed by atoms with Crippen LogP contribution in [-0.2, 0) is 6.54 Å². The Hall–Kier alpha value is -1.58. The Kier molecular flexibility index (Phi) is 3.84. The highest BCUT2D eigenvalue weighted by atomic mass is 19.1. The zero-order chi connectivity index (χ0) is 13.1. The first-order chi connectivity index (χ1) is 8.58. The summed E-state index contributed by atoms with van der Waals surface area (Å²) in [5.41, 5.74) is 0.774. The predicted molar refractivity (Wildman–Crippen MR) is 68.6 cm³/mol. The molecule has 18 heavy (non-hydrogen) atoms. The minimum absolute atomic E-state index is 0.0985. The quantitative estimate of drug-likeness (QED) is 0.875. The zero-order valence-corrected chi connectivity index (χ0v) is 10.8. The summed E-state index contributed by atoms with van der Waals surface area (Å²) in [6.07, 6.45) is 2.42. The number of nitrogens with zero attached hydrogens (tertiary/aromatic N) is 1. The molecule has 2 rings (SSSR count). The van der Waals surface area contributed by atoms with Crippen LogP contribution in [0, 0.1) is 11.7 Å². The number of rotatable bonds is 4. The zero-order valence-electron chi connectivity index (χ0n) is 10.8. The molecule has 1 aromatic rings. The molecule has 0 saturated heterocycles. The fourth-order valence-electron chi connectivity index (χ4n) is 2.03. The van der Waals surface area contributed by atoms with Gasteiger partial charge in [-0.05, 0) is 43.4 Å². The van der Waals surface area contributed by atoms with Gasteiger partial charge in [0.05, 0.1) is 0 Å². The predicted octanol–water partition coefficient (Wildman–Crippen LogP) is 2.77. The van der Waals surface area contributed by atoms with E-state index in [0.717, 1.165) is 5.56 Å². The van der Waals surface area contributed by atoms with Gasteiger partial charge >= 0.3 is 6.03 Å². The highest BCUT2D eigenvalue weighted by Crippen LogP contribution is 2.34. The van der Waals surface area contributed by atoms with Gasteiger partial charge in [-0.1, -0.05) is 12.1 Å². The van der Waals surface area contributed by atoms with Crippen molar-refractivity contribution in [2.24, 2.45) is 5.92 Å². The highest BCUT2D eigenvalue weighted by Gasteiger charge is 2.32. The number of carbonyl (C=O) groups excluding carboxylic acids is 1. The number of nitrogens with one attached hydrogen (secondary N) is 1. The molecule has 1 unspecified atom stereocenters. The van der Waals surface area contributed by atoms with Crippen LogP contribution in [0.2, 0.25) is 0 Å². The van der Waals surface area contributed by atoms with Crippen molar-refractivity contribution in [1.82, 2.24) is 10.2 Å². The lowest BCUT2D eigenvalue weighted by atomic mass is 10.2. The van der Waals surface area contributed by atoms with Crippen LogP contribution in [0.15, 0.2) is 24.3 Å². The van der Waals surface area contributed by atoms with E-state index in [2.05, 4.69) is 12.2 Å². The van der Waals surface area contributed by atoms with Gasteiger partial charge in [0.15, 0.2) is 0 Å². The Labute approximate surface area is 107 Å². The van der Waals surface area contributed by atoms with Gasteiger partial charge in [0, 0.05) is 19.6 Å². The van der Waals surface area contributed by atoms with Crippen molar-refractivity contribution >= 4 is 6.03 Å². The molecule has 1 atom stereocenters. The largest absolute Gasteiger partial charge is 0.334 e. The molecule has 1 aromatic carbocycles. The van der Waals surface area contributed by atoms with E-state index in [9.17, 15) is 9.18 Å². The van der Waals surface area contributed by atoms with Crippen molar-refractivity contribution in [3.63, 3.8) is 0 Å². The maximum absolute atomic E-state index is 13.0. The van der Waals surface area contributed by atoms with E-state index < -0.39 is 0 Å². The third-order valence-electron chi connectivity index (χ3n) is 3.57. The fourth-order valence-corrected chi connectivity index (χ4v) is 2.03. The molecule has 98 valence electrons. The fraction of sp³-hybridized carbons (Fsp3) is 0.500. The van der Waals surface area contributed by atoms with Crippen molar-refractivity contribution < 1.29 is 9.18 Å². The molecule has 1 saturated carbocycles. The molecule has 1 aliphatic carbocycles. The minimum Gasteiger partial charge on any atom is -0.334 e. The molecular weight excluding hydrogens is 231 g/mol. The SMILES string of the molecule is CC(C1CC1)N(C)C(=O)NCc1cccc(F)c1. The van der Waals surface area contributed by atoms with Crippen LogP contribution in [-0.4, -0.2) is 24.0 Å². The molecule has 1 N–H and O–H groups in total. The van der Waals surface area contributed by atoms with E-state index >= 15 is 0 Å². The normalized spacial score (nSPS) is 16.2. The minimum atomic E-state index is -0.276. The smallest absolute Gasteiger partial charge is 0.317 e. The Morgan fingerprint density at radius 3 is 2.89 bits per heavy atom. The number of amides is 2. The van der Waals surface area contributed by atoms with Crippen molar-refractivity contribution in [2.75, 3.05) is 7.05 Å². The van der Waals surface area contributed by atoms with Gasteiger partial charge in [0.25, 0.3) is 0 Å². The lowest BCUT2D eigenvalue weighted by molar-refractivity contribution is 0.187. The molecule has 2 amide bonds. The molecule has 0 bridgehead atoms. The van der Waals surface area contributed by atoms with Gasteiger partial charge in [-0.15, -0.1) is 0 Å². The molecule has 1 aliphatic rings. The van der Waals surface area contributed by atoms with Crippen LogP contribution >= 0.6 is 0 Å². The van der Waals surface area contributed by atoms with E-state index in [1.54, 1.807) is 17.0 Å². The van der Waals surface area contributed by atoms with Crippen molar-refractivity contribution in [1.29, 1.82) is 0 Å². The summed E-state index contributed by atoms with van der Waals surface area (Å²) in [5, 5.41) is 2.81. The monoisotopic (exact) mass is 250 g/mol. The van der Waals surface area contributed by atoms with E-state index in [4.69, 9.17) is 0 Å². The summed E-state index contributed by atoms with van der Waals surface area (Å²) in [5.74, 6) is 0.372. The summed E-state index contributed by atoms with van der Waals surface area (Å²) < 4.78 is 13.0. The van der Waals surface area contributed by atoms with Gasteiger partial charge in [-0.3, -0.25) is 0 Å². The van der Waals surface area contributed by atoms with Gasteiger partial charge in [-0.2, -0.15) is 0 Å². The Morgan fingerprint density at radius 1 is 1.56 bits per heavy atom. The standard InChI is InChI=1S/C14H19FN2O/c1-10(12-6-7-12)17(2)14(18)16-9-11-4-3-5-13(15)8-11/h3-5,8,10,12H,6-7,9H2,1-2H3,(H,16,18). The molecule has 4 heteroatoms. The summed E-state index contributed by atoms with van der Waals surface area (Å²) in [4.78, 5) is 13.6. The number of hydrogen-bond donors (Lipinski definition) is 1. The molecule has 0 aliphatic heterocycles. The van der Waals surface area contributed by atoms with Crippen molar-refractivity contribution in [3.05, 3.63) is 35.6 Å². The molecule has 0 aromatic heterocycles. The van der Waals surface area contributed by atoms with Crippen molar-refractivity contribution in [2.45, 2.75) is 32.4 Å². The molecule has 3 nitrogen and oxygen atoms in total. The second-order valence-electron chi connectivity index (χ2n) is 4.98. The second-order valence-corrected chi connectivity index (χ2v) is 4.98. The molecule has 0 spiro atoms. The van der Waals surface area contributed by atoms with E-state index in [0.29, 0.717) is 12.5 Å². The number of carbonyl (C=O) groups is 1. The van der Waals surface area contributed by atoms with Crippen LogP contribution in [0.5, 0.6) is 0 Å². The molecule has 1 fully saturated rings. The van der Waals surface area contributed by atoms with Crippen molar-refractivity contribution in [3.8, 4) is 0 Å². The lowest BCUT2D eigenvalue weighted by Crippen LogP contribution is -2.42. The first kappa shape index (κ1) is 12.9. The lowest BCUT2D eigenvalue weighted by Gasteiger charge is -2.25. The highest BCUT2D eigenvalue weighted by molar-refractivity contribution is 5.74. The summed E-state index contributed by atoms with van der Waals surface area (Å²) >= 11 is 0. The molecule has 0 radical (unpaired) electrons. The van der Waals surface area contributed by atoms with Gasteiger partial charge in [0.1, 0.15) is 5.82 Å². The first-order valence-electron chi connectivity index (χ1n) is 6.33. The van der Waals surface area contributed by atoms with Crippen LogP contribution in [0.1, 0.15) is 25.3 Å². The average molecular weight is 250 g/mol. The third kappa shape index (κ3) is 3.22. The second kappa shape index (κ2) is 5.38. The number of benzene rings is 1. The average Bonchev–Trinajstić information content (AvgIpc) is 3.18. The Bertz CT molecular complexity index is 432. The molecular formula is C14H19FN2O. The van der Waals surface area contributed by atoms with Gasteiger partial charge in [-0.25, -0.2) is 9.18 Å². The van der Waals surface area contributed by atoms with E-state index in [-0.39, 0.29) is 17.9 Å². The molecule has 0 heterocycles. The summed E-state index contributed by atoms with van der Waals surface area (Å²) in [7, 11) is 1.81. The maximum Gasteiger partial charge on any atom is 0.317 e. The summed E-state index contributed by atoms with van der Waals surface area (Å²) in [6, 6.07) is 6.45. The van der Waals surface area contributed by atoms with Crippen LogP contribution in [0.3, 0.4) is 0 Å². The van der Waals surface area contributed by atoms with E-state index in [1.807, 2.05) is 7.05 Å². The number of urea groups is 1. The maximum atomic E-state index is 13.0. The van der Waals surface area contributed by atoms with Crippen LogP contribution in [0.4, 0.5) is 9.18 Å². The van der Waals surface area contributed by atoms with Crippen LogP contribution in [0.25, 0.3) is 0 Å². The summed E-state index contributed by atoms with van der Waals surface area (Å²) in [6.45, 7) is 2.43. The van der Waals surface area contributed by atoms with E-state index in [1.165, 1.54) is 25.0 Å². The number of halogens is 1.